The molecule has 136 valence electrons. The Morgan fingerprint density at radius 3 is 2.72 bits per heavy atom. The van der Waals surface area contributed by atoms with Gasteiger partial charge in [-0.15, -0.1) is 0 Å². The summed E-state index contributed by atoms with van der Waals surface area (Å²) in [6.07, 6.45) is 2.61. The summed E-state index contributed by atoms with van der Waals surface area (Å²) in [7, 11) is 0. The molecule has 3 saturated heterocycles. The van der Waals surface area contributed by atoms with Crippen LogP contribution in [0.25, 0.3) is 0 Å². The molecule has 1 aromatic heterocycles. The third-order valence-electron chi connectivity index (χ3n) is 5.66. The minimum atomic E-state index is 0.141. The SMILES string of the molecule is Cc1cc(N2CC3CN(CCN4CCCOCC4=O)CC3C2)ncn1. The van der Waals surface area contributed by atoms with Crippen molar-refractivity contribution in [2.24, 2.45) is 11.8 Å². The second-order valence-electron chi connectivity index (χ2n) is 7.49. The molecule has 1 amide bonds. The zero-order valence-electron chi connectivity index (χ0n) is 14.9. The number of ether oxygens (including phenoxy) is 1. The number of hydrogen-bond donors (Lipinski definition) is 0. The highest BCUT2D eigenvalue weighted by Gasteiger charge is 2.40. The lowest BCUT2D eigenvalue weighted by Crippen LogP contribution is -2.40. The van der Waals surface area contributed by atoms with Gasteiger partial charge in [-0.1, -0.05) is 0 Å². The fourth-order valence-electron chi connectivity index (χ4n) is 4.30. The molecule has 0 N–H and O–H groups in total. The number of rotatable bonds is 4. The van der Waals surface area contributed by atoms with Crippen molar-refractivity contribution in [3.8, 4) is 0 Å². The number of aromatic nitrogens is 2. The predicted octanol–water partition coefficient (Wildman–Crippen LogP) is 0.402. The molecule has 2 unspecified atom stereocenters. The summed E-state index contributed by atoms with van der Waals surface area (Å²) in [4.78, 5) is 27.5. The molecule has 4 rings (SSSR count). The van der Waals surface area contributed by atoms with Gasteiger partial charge in [0.1, 0.15) is 18.8 Å². The Labute approximate surface area is 149 Å². The monoisotopic (exact) mass is 345 g/mol. The second-order valence-corrected chi connectivity index (χ2v) is 7.49. The lowest BCUT2D eigenvalue weighted by atomic mass is 10.0. The smallest absolute Gasteiger partial charge is 0.248 e. The molecule has 0 spiro atoms. The van der Waals surface area contributed by atoms with Crippen LogP contribution in [-0.4, -0.2) is 84.7 Å². The molecule has 0 saturated carbocycles. The number of aryl methyl sites for hydroxylation is 1. The average Bonchev–Trinajstić information content (AvgIpc) is 3.08. The molecule has 4 heterocycles. The number of hydrogen-bond acceptors (Lipinski definition) is 6. The Morgan fingerprint density at radius 2 is 1.96 bits per heavy atom. The molecule has 0 aliphatic carbocycles. The van der Waals surface area contributed by atoms with Crippen molar-refractivity contribution in [2.45, 2.75) is 13.3 Å². The maximum atomic E-state index is 12.0. The van der Waals surface area contributed by atoms with Crippen LogP contribution in [-0.2, 0) is 9.53 Å². The molecule has 0 radical (unpaired) electrons. The van der Waals surface area contributed by atoms with E-state index in [0.29, 0.717) is 18.4 Å². The van der Waals surface area contributed by atoms with Crippen LogP contribution >= 0.6 is 0 Å². The van der Waals surface area contributed by atoms with Crippen LogP contribution in [0.4, 0.5) is 5.82 Å². The van der Waals surface area contributed by atoms with E-state index in [2.05, 4.69) is 25.8 Å². The Bertz CT molecular complexity index is 611. The molecule has 3 aliphatic rings. The molecule has 7 heteroatoms. The van der Waals surface area contributed by atoms with Crippen LogP contribution in [0, 0.1) is 18.8 Å². The summed E-state index contributed by atoms with van der Waals surface area (Å²) in [5, 5.41) is 0. The number of likely N-dealkylation sites (tertiary alicyclic amines) is 1. The Hall–Kier alpha value is -1.73. The van der Waals surface area contributed by atoms with Gasteiger partial charge in [0.2, 0.25) is 5.91 Å². The maximum absolute atomic E-state index is 12.0. The van der Waals surface area contributed by atoms with Gasteiger partial charge in [0.05, 0.1) is 0 Å². The van der Waals surface area contributed by atoms with E-state index in [1.165, 1.54) is 0 Å². The van der Waals surface area contributed by atoms with E-state index in [0.717, 1.165) is 63.7 Å². The van der Waals surface area contributed by atoms with Crippen LogP contribution in [0.15, 0.2) is 12.4 Å². The molecule has 3 aliphatic heterocycles. The van der Waals surface area contributed by atoms with Gasteiger partial charge >= 0.3 is 0 Å². The van der Waals surface area contributed by atoms with Gasteiger partial charge in [0.15, 0.2) is 0 Å². The molecule has 1 aromatic rings. The first-order valence-corrected chi connectivity index (χ1v) is 9.30. The zero-order chi connectivity index (χ0) is 17.2. The van der Waals surface area contributed by atoms with Crippen molar-refractivity contribution in [3.05, 3.63) is 18.1 Å². The lowest BCUT2D eigenvalue weighted by Gasteiger charge is -2.25. The van der Waals surface area contributed by atoms with Crippen molar-refractivity contribution in [1.29, 1.82) is 0 Å². The van der Waals surface area contributed by atoms with Gasteiger partial charge in [0, 0.05) is 64.2 Å². The Balaban J connectivity index is 1.27. The van der Waals surface area contributed by atoms with Crippen molar-refractivity contribution in [3.63, 3.8) is 0 Å². The van der Waals surface area contributed by atoms with E-state index in [9.17, 15) is 4.79 Å². The first kappa shape index (κ1) is 16.7. The quantitative estimate of drug-likeness (QED) is 0.787. The van der Waals surface area contributed by atoms with Crippen LogP contribution in [0.1, 0.15) is 12.1 Å². The van der Waals surface area contributed by atoms with Crippen molar-refractivity contribution in [2.75, 3.05) is 63.9 Å². The molecule has 7 nitrogen and oxygen atoms in total. The van der Waals surface area contributed by atoms with Gasteiger partial charge in [-0.25, -0.2) is 9.97 Å². The topological polar surface area (TPSA) is 61.8 Å². The molecule has 3 fully saturated rings. The van der Waals surface area contributed by atoms with Crippen LogP contribution in [0.2, 0.25) is 0 Å². The van der Waals surface area contributed by atoms with E-state index < -0.39 is 0 Å². The molecule has 0 bridgehead atoms. The molecule has 0 aromatic carbocycles. The minimum Gasteiger partial charge on any atom is -0.372 e. The van der Waals surface area contributed by atoms with Gasteiger partial charge in [-0.05, 0) is 25.2 Å². The van der Waals surface area contributed by atoms with Gasteiger partial charge in [0.25, 0.3) is 0 Å². The van der Waals surface area contributed by atoms with Crippen molar-refractivity contribution in [1.82, 2.24) is 19.8 Å². The maximum Gasteiger partial charge on any atom is 0.248 e. The molecular weight excluding hydrogens is 318 g/mol. The van der Waals surface area contributed by atoms with Crippen LogP contribution < -0.4 is 4.90 Å². The van der Waals surface area contributed by atoms with E-state index in [1.807, 2.05) is 11.8 Å². The largest absolute Gasteiger partial charge is 0.372 e. The third-order valence-corrected chi connectivity index (χ3v) is 5.66. The molecule has 25 heavy (non-hydrogen) atoms. The first-order chi connectivity index (χ1) is 12.2. The highest BCUT2D eigenvalue weighted by atomic mass is 16.5. The number of carbonyl (C=O) groups is 1. The van der Waals surface area contributed by atoms with E-state index in [-0.39, 0.29) is 12.5 Å². The van der Waals surface area contributed by atoms with Gasteiger partial charge < -0.3 is 19.4 Å². The summed E-state index contributed by atoms with van der Waals surface area (Å²) in [5.41, 5.74) is 1.02. The number of anilines is 1. The van der Waals surface area contributed by atoms with Gasteiger partial charge in [-0.3, -0.25) is 4.79 Å². The number of nitrogens with zero attached hydrogens (tertiary/aromatic N) is 5. The highest BCUT2D eigenvalue weighted by molar-refractivity contribution is 5.77. The van der Waals surface area contributed by atoms with Crippen molar-refractivity contribution >= 4 is 11.7 Å². The lowest BCUT2D eigenvalue weighted by molar-refractivity contribution is -0.134. The van der Waals surface area contributed by atoms with Gasteiger partial charge in [-0.2, -0.15) is 0 Å². The number of amides is 1. The number of fused-ring (bicyclic) bond motifs is 1. The summed E-state index contributed by atoms with van der Waals surface area (Å²) in [5.74, 6) is 2.61. The third kappa shape index (κ3) is 3.77. The zero-order valence-corrected chi connectivity index (χ0v) is 14.9. The van der Waals surface area contributed by atoms with Crippen LogP contribution in [0.3, 0.4) is 0 Å². The summed E-state index contributed by atoms with van der Waals surface area (Å²) >= 11 is 0. The summed E-state index contributed by atoms with van der Waals surface area (Å²) < 4.78 is 5.31. The summed E-state index contributed by atoms with van der Waals surface area (Å²) in [6.45, 7) is 10.0. The second kappa shape index (κ2) is 7.25. The molecular formula is C18H27N5O2. The van der Waals surface area contributed by atoms with E-state index >= 15 is 0 Å². The fraction of sp³-hybridized carbons (Fsp3) is 0.722. The number of carbonyl (C=O) groups excluding carboxylic acids is 1. The van der Waals surface area contributed by atoms with E-state index in [4.69, 9.17) is 4.74 Å². The highest BCUT2D eigenvalue weighted by Crippen LogP contribution is 2.33. The standard InChI is InChI=1S/C18H27N5O2/c1-14-7-17(20-13-19-14)23-10-15-8-21(9-16(15)11-23)4-5-22-3-2-6-25-12-18(22)24/h7,13,15-16H,2-6,8-12H2,1H3. The Kier molecular flexibility index (Phi) is 4.85. The van der Waals surface area contributed by atoms with Crippen molar-refractivity contribution < 1.29 is 9.53 Å². The fourth-order valence-corrected chi connectivity index (χ4v) is 4.30. The Morgan fingerprint density at radius 1 is 1.16 bits per heavy atom. The normalized spacial score (nSPS) is 27.6. The van der Waals surface area contributed by atoms with Crippen LogP contribution in [0.5, 0.6) is 0 Å². The predicted molar refractivity (Wildman–Crippen MR) is 94.4 cm³/mol. The molecule has 2 atom stereocenters. The average molecular weight is 345 g/mol. The van der Waals surface area contributed by atoms with E-state index in [1.54, 1.807) is 6.33 Å². The summed E-state index contributed by atoms with van der Waals surface area (Å²) in [6, 6.07) is 2.08. The minimum absolute atomic E-state index is 0.141. The first-order valence-electron chi connectivity index (χ1n) is 9.30.